The lowest BCUT2D eigenvalue weighted by Crippen LogP contribution is -2.43. The number of nitrogens with one attached hydrogen (secondary N) is 2. The fraction of sp³-hybridized carbons (Fsp3) is 0.882. The molecule has 0 heterocycles. The number of hydrogen-bond donors (Lipinski definition) is 2. The second-order valence-electron chi connectivity index (χ2n) is 6.63. The number of nitrogens with zero attached hydrogens (tertiary/aromatic N) is 2. The van der Waals surface area contributed by atoms with Gasteiger partial charge in [0.1, 0.15) is 6.54 Å². The van der Waals surface area contributed by atoms with Crippen LogP contribution in [0.2, 0.25) is 0 Å². The van der Waals surface area contributed by atoms with Gasteiger partial charge >= 0.3 is 0 Å². The fourth-order valence-electron chi connectivity index (χ4n) is 2.67. The molecule has 1 aliphatic rings. The van der Waals surface area contributed by atoms with Gasteiger partial charge in [0, 0.05) is 26.7 Å². The molecule has 0 aromatic rings. The molecule has 0 saturated heterocycles. The third kappa shape index (κ3) is 10.0. The molecule has 0 radical (unpaired) electrons. The van der Waals surface area contributed by atoms with E-state index in [2.05, 4.69) is 29.5 Å². The quantitative estimate of drug-likeness (QED) is 0.265. The van der Waals surface area contributed by atoms with Gasteiger partial charge in [-0.25, -0.2) is 4.99 Å². The summed E-state index contributed by atoms with van der Waals surface area (Å²) < 4.78 is 0. The maximum absolute atomic E-state index is 11.7. The highest BCUT2D eigenvalue weighted by molar-refractivity contribution is 14.0. The van der Waals surface area contributed by atoms with E-state index >= 15 is 0 Å². The van der Waals surface area contributed by atoms with Gasteiger partial charge in [-0.3, -0.25) is 4.79 Å². The van der Waals surface area contributed by atoms with Gasteiger partial charge in [0.15, 0.2) is 5.96 Å². The van der Waals surface area contributed by atoms with E-state index < -0.39 is 0 Å². The standard InChI is InChI=1S/C17H34N4O.HI/c1-5-14(2)20-17(19-13-16(22)21(3)4)18-12-8-11-15-9-6-7-10-15;/h14-15H,5-13H2,1-4H3,(H2,18,19,20);1H. The third-order valence-corrected chi connectivity index (χ3v) is 4.42. The second-order valence-corrected chi connectivity index (χ2v) is 6.63. The number of aliphatic imine (C=N–C) groups is 1. The molecule has 1 aliphatic carbocycles. The number of carbonyl (C=O) groups excluding carboxylic acids is 1. The Morgan fingerprint density at radius 2 is 1.96 bits per heavy atom. The molecular weight excluding hydrogens is 403 g/mol. The smallest absolute Gasteiger partial charge is 0.243 e. The molecule has 1 unspecified atom stereocenters. The molecule has 1 atom stereocenters. The van der Waals surface area contributed by atoms with Gasteiger partial charge in [-0.05, 0) is 32.1 Å². The fourth-order valence-corrected chi connectivity index (χ4v) is 2.67. The number of halogens is 1. The lowest BCUT2D eigenvalue weighted by Gasteiger charge is -2.18. The van der Waals surface area contributed by atoms with Crippen molar-refractivity contribution >= 4 is 35.8 Å². The van der Waals surface area contributed by atoms with Crippen molar-refractivity contribution in [3.8, 4) is 0 Å². The lowest BCUT2D eigenvalue weighted by molar-refractivity contribution is -0.127. The number of hydrogen-bond acceptors (Lipinski definition) is 2. The van der Waals surface area contributed by atoms with E-state index in [1.54, 1.807) is 19.0 Å². The lowest BCUT2D eigenvalue weighted by atomic mass is 10.0. The molecule has 1 amide bonds. The van der Waals surface area contributed by atoms with Crippen molar-refractivity contribution < 1.29 is 4.79 Å². The molecule has 0 bridgehead atoms. The number of carbonyl (C=O) groups is 1. The summed E-state index contributed by atoms with van der Waals surface area (Å²) in [5, 5.41) is 6.73. The Kier molecular flexibility index (Phi) is 12.5. The van der Waals surface area contributed by atoms with Gasteiger partial charge < -0.3 is 15.5 Å². The first kappa shape index (κ1) is 22.5. The molecule has 23 heavy (non-hydrogen) atoms. The van der Waals surface area contributed by atoms with Gasteiger partial charge in [0.2, 0.25) is 5.91 Å². The van der Waals surface area contributed by atoms with Gasteiger partial charge in [0.25, 0.3) is 0 Å². The zero-order chi connectivity index (χ0) is 16.4. The summed E-state index contributed by atoms with van der Waals surface area (Å²) in [5.74, 6) is 1.72. The van der Waals surface area contributed by atoms with E-state index in [-0.39, 0.29) is 36.4 Å². The summed E-state index contributed by atoms with van der Waals surface area (Å²) in [6, 6.07) is 0.357. The van der Waals surface area contributed by atoms with E-state index in [1.807, 2.05) is 0 Å². The van der Waals surface area contributed by atoms with Crippen LogP contribution in [0.5, 0.6) is 0 Å². The highest BCUT2D eigenvalue weighted by Crippen LogP contribution is 2.28. The van der Waals surface area contributed by atoms with Crippen LogP contribution in [0.15, 0.2) is 4.99 Å². The van der Waals surface area contributed by atoms with Crippen LogP contribution in [0.25, 0.3) is 0 Å². The minimum absolute atomic E-state index is 0. The average molecular weight is 438 g/mol. The average Bonchev–Trinajstić information content (AvgIpc) is 3.01. The summed E-state index contributed by atoms with van der Waals surface area (Å²) in [6.07, 6.45) is 9.14. The first-order chi connectivity index (χ1) is 10.5. The van der Waals surface area contributed by atoms with E-state index in [9.17, 15) is 4.79 Å². The molecule has 1 rings (SSSR count). The number of rotatable bonds is 8. The minimum atomic E-state index is 0. The molecule has 136 valence electrons. The Morgan fingerprint density at radius 3 is 2.52 bits per heavy atom. The Balaban J connectivity index is 0.00000484. The SMILES string of the molecule is CCC(C)NC(=NCC(=O)N(C)C)NCCCC1CCCC1.I. The predicted octanol–water partition coefficient (Wildman–Crippen LogP) is 3.00. The highest BCUT2D eigenvalue weighted by Gasteiger charge is 2.14. The number of guanidine groups is 1. The zero-order valence-electron chi connectivity index (χ0n) is 15.2. The largest absolute Gasteiger partial charge is 0.356 e. The van der Waals surface area contributed by atoms with Crippen LogP contribution in [0.4, 0.5) is 0 Å². The minimum Gasteiger partial charge on any atom is -0.356 e. The van der Waals surface area contributed by atoms with Gasteiger partial charge in [-0.2, -0.15) is 0 Å². The van der Waals surface area contributed by atoms with Crippen LogP contribution >= 0.6 is 24.0 Å². The van der Waals surface area contributed by atoms with E-state index in [0.717, 1.165) is 24.8 Å². The number of likely N-dealkylation sites (N-methyl/N-ethyl adjacent to an activating group) is 1. The van der Waals surface area contributed by atoms with Crippen LogP contribution < -0.4 is 10.6 Å². The predicted molar refractivity (Wildman–Crippen MR) is 108 cm³/mol. The van der Waals surface area contributed by atoms with Crippen LogP contribution in [-0.2, 0) is 4.79 Å². The van der Waals surface area contributed by atoms with E-state index in [4.69, 9.17) is 0 Å². The van der Waals surface area contributed by atoms with E-state index in [1.165, 1.54) is 38.5 Å². The molecule has 0 spiro atoms. The van der Waals surface area contributed by atoms with Gasteiger partial charge in [-0.15, -0.1) is 24.0 Å². The topological polar surface area (TPSA) is 56.7 Å². The Morgan fingerprint density at radius 1 is 1.30 bits per heavy atom. The van der Waals surface area contributed by atoms with Crippen molar-refractivity contribution in [2.45, 2.75) is 64.8 Å². The van der Waals surface area contributed by atoms with Crippen LogP contribution in [0, 0.1) is 5.92 Å². The summed E-state index contributed by atoms with van der Waals surface area (Å²) in [4.78, 5) is 17.6. The Labute approximate surface area is 159 Å². The molecule has 1 fully saturated rings. The molecule has 5 nitrogen and oxygen atoms in total. The third-order valence-electron chi connectivity index (χ3n) is 4.42. The van der Waals surface area contributed by atoms with Crippen molar-refractivity contribution in [1.82, 2.24) is 15.5 Å². The summed E-state index contributed by atoms with van der Waals surface area (Å²) in [6.45, 7) is 5.39. The Bertz CT molecular complexity index is 355. The summed E-state index contributed by atoms with van der Waals surface area (Å²) >= 11 is 0. The second kappa shape index (κ2) is 12.8. The van der Waals surface area contributed by atoms with Gasteiger partial charge in [0.05, 0.1) is 0 Å². The van der Waals surface area contributed by atoms with E-state index in [0.29, 0.717) is 6.04 Å². The molecule has 2 N–H and O–H groups in total. The molecule has 0 aromatic heterocycles. The van der Waals surface area contributed by atoms with Crippen LogP contribution in [0.1, 0.15) is 58.8 Å². The monoisotopic (exact) mass is 438 g/mol. The maximum atomic E-state index is 11.7. The molecule has 0 aromatic carbocycles. The van der Waals surface area contributed by atoms with Crippen LogP contribution in [0.3, 0.4) is 0 Å². The molecule has 1 saturated carbocycles. The van der Waals surface area contributed by atoms with Crippen molar-refractivity contribution in [2.24, 2.45) is 10.9 Å². The van der Waals surface area contributed by atoms with Crippen molar-refractivity contribution in [3.05, 3.63) is 0 Å². The normalized spacial score (nSPS) is 16.6. The van der Waals surface area contributed by atoms with Crippen LogP contribution in [-0.4, -0.2) is 50.0 Å². The van der Waals surface area contributed by atoms with Crippen molar-refractivity contribution in [3.63, 3.8) is 0 Å². The van der Waals surface area contributed by atoms with Gasteiger partial charge in [-0.1, -0.05) is 32.6 Å². The summed E-state index contributed by atoms with van der Waals surface area (Å²) in [7, 11) is 3.52. The number of amides is 1. The molecule has 6 heteroatoms. The zero-order valence-corrected chi connectivity index (χ0v) is 17.6. The molecule has 0 aliphatic heterocycles. The molecular formula is C17H35IN4O. The van der Waals surface area contributed by atoms with Crippen molar-refractivity contribution in [2.75, 3.05) is 27.2 Å². The Hall–Kier alpha value is -0.530. The first-order valence-electron chi connectivity index (χ1n) is 8.78. The van der Waals surface area contributed by atoms with Crippen molar-refractivity contribution in [1.29, 1.82) is 0 Å². The summed E-state index contributed by atoms with van der Waals surface area (Å²) in [5.41, 5.74) is 0. The first-order valence-corrected chi connectivity index (χ1v) is 8.78. The highest BCUT2D eigenvalue weighted by atomic mass is 127. The maximum Gasteiger partial charge on any atom is 0.243 e.